The van der Waals surface area contributed by atoms with Gasteiger partial charge in [-0.05, 0) is 60.0 Å². The van der Waals surface area contributed by atoms with Gasteiger partial charge in [0.2, 0.25) is 0 Å². The van der Waals surface area contributed by atoms with E-state index in [0.717, 1.165) is 32.4 Å². The molecule has 0 fully saturated rings. The van der Waals surface area contributed by atoms with Crippen LogP contribution in [0.1, 0.15) is 46.6 Å². The Morgan fingerprint density at radius 3 is 2.88 bits per heavy atom. The van der Waals surface area contributed by atoms with Crippen LogP contribution in [0.3, 0.4) is 0 Å². The van der Waals surface area contributed by atoms with Gasteiger partial charge in [-0.15, -0.1) is 0 Å². The molecule has 3 N–H and O–H groups in total. The van der Waals surface area contributed by atoms with Crippen LogP contribution in [-0.4, -0.2) is 19.1 Å². The number of urea groups is 1. The van der Waals surface area contributed by atoms with Crippen molar-refractivity contribution in [1.29, 1.82) is 0 Å². The second-order valence-electron chi connectivity index (χ2n) is 7.33. The van der Waals surface area contributed by atoms with Gasteiger partial charge in [-0.25, -0.2) is 4.79 Å². The molecule has 4 nitrogen and oxygen atoms in total. The zero-order valence-electron chi connectivity index (χ0n) is 15.2. The molecule has 2 aromatic carbocycles. The van der Waals surface area contributed by atoms with Gasteiger partial charge >= 0.3 is 6.03 Å². The molecule has 136 valence electrons. The molecule has 4 heteroatoms. The van der Waals surface area contributed by atoms with Gasteiger partial charge in [-0.3, -0.25) is 0 Å². The number of fused-ring (bicyclic) bond motifs is 2. The first-order valence-electron chi connectivity index (χ1n) is 9.71. The number of carbonyl (C=O) groups is 1. The van der Waals surface area contributed by atoms with Crippen LogP contribution in [0.4, 0.5) is 4.79 Å². The highest BCUT2D eigenvalue weighted by molar-refractivity contribution is 5.74. The number of hydrogen-bond acceptors (Lipinski definition) is 2. The predicted octanol–water partition coefficient (Wildman–Crippen LogP) is 3.25. The Morgan fingerprint density at radius 1 is 1.04 bits per heavy atom. The van der Waals surface area contributed by atoms with Crippen LogP contribution in [-0.2, 0) is 25.9 Å². The van der Waals surface area contributed by atoms with E-state index in [1.165, 1.54) is 34.2 Å². The first kappa shape index (κ1) is 17.1. The molecule has 4 rings (SSSR count). The van der Waals surface area contributed by atoms with Crippen LogP contribution in [0.15, 0.2) is 42.5 Å². The van der Waals surface area contributed by atoms with Crippen molar-refractivity contribution in [3.05, 3.63) is 70.3 Å². The van der Waals surface area contributed by atoms with Crippen molar-refractivity contribution in [3.8, 4) is 0 Å². The first-order chi connectivity index (χ1) is 12.8. The number of carbonyl (C=O) groups excluding carboxylic acids is 1. The number of nitrogens with one attached hydrogen (secondary N) is 3. The van der Waals surface area contributed by atoms with E-state index in [9.17, 15) is 4.79 Å². The van der Waals surface area contributed by atoms with Crippen LogP contribution in [0.5, 0.6) is 0 Å². The average molecular weight is 349 g/mol. The maximum absolute atomic E-state index is 12.3. The van der Waals surface area contributed by atoms with Gasteiger partial charge in [0.25, 0.3) is 0 Å². The number of aryl methyl sites for hydroxylation is 1. The van der Waals surface area contributed by atoms with E-state index in [2.05, 4.69) is 58.4 Å². The Hall–Kier alpha value is -2.33. The van der Waals surface area contributed by atoms with Gasteiger partial charge in [-0.2, -0.15) is 0 Å². The molecule has 26 heavy (non-hydrogen) atoms. The Labute approximate surface area is 155 Å². The third-order valence-electron chi connectivity index (χ3n) is 5.68. The van der Waals surface area contributed by atoms with E-state index in [4.69, 9.17) is 0 Å². The zero-order chi connectivity index (χ0) is 17.8. The highest BCUT2D eigenvalue weighted by Gasteiger charge is 2.20. The highest BCUT2D eigenvalue weighted by atomic mass is 16.2. The molecule has 1 aliphatic heterocycles. The van der Waals surface area contributed by atoms with Crippen LogP contribution in [0.25, 0.3) is 0 Å². The fraction of sp³-hybridized carbons (Fsp3) is 0.409. The van der Waals surface area contributed by atoms with Crippen molar-refractivity contribution in [2.45, 2.75) is 44.7 Å². The summed E-state index contributed by atoms with van der Waals surface area (Å²) in [5.74, 6) is 0.432. The summed E-state index contributed by atoms with van der Waals surface area (Å²) < 4.78 is 0. The summed E-state index contributed by atoms with van der Waals surface area (Å²) in [6.07, 6.45) is 4.55. The summed E-state index contributed by atoms with van der Waals surface area (Å²) >= 11 is 0. The number of benzene rings is 2. The Bertz CT molecular complexity index is 787. The Morgan fingerprint density at radius 2 is 1.92 bits per heavy atom. The summed E-state index contributed by atoms with van der Waals surface area (Å²) in [4.78, 5) is 12.3. The summed E-state index contributed by atoms with van der Waals surface area (Å²) in [5.41, 5.74) is 6.84. The lowest BCUT2D eigenvalue weighted by Crippen LogP contribution is -2.38. The largest absolute Gasteiger partial charge is 0.338 e. The molecular weight excluding hydrogens is 322 g/mol. The van der Waals surface area contributed by atoms with E-state index in [0.29, 0.717) is 19.0 Å². The van der Waals surface area contributed by atoms with E-state index < -0.39 is 0 Å². The van der Waals surface area contributed by atoms with Gasteiger partial charge in [0.05, 0.1) is 0 Å². The molecule has 0 saturated heterocycles. The minimum atomic E-state index is -0.0698. The standard InChI is InChI=1S/C22H27N3O/c26-22(24-14-18-8-3-6-16-5-1-2-10-20(16)18)25-15-19-9-4-7-17-13-23-12-11-21(17)19/h1-2,4-5,7,9-10,18,23H,3,6,8,11-15H2,(H2,24,25,26). The lowest BCUT2D eigenvalue weighted by Gasteiger charge is -2.25. The second-order valence-corrected chi connectivity index (χ2v) is 7.33. The van der Waals surface area contributed by atoms with Crippen LogP contribution in [0.2, 0.25) is 0 Å². The monoisotopic (exact) mass is 349 g/mol. The normalized spacial score (nSPS) is 18.5. The Kier molecular flexibility index (Phi) is 5.21. The van der Waals surface area contributed by atoms with Crippen molar-refractivity contribution < 1.29 is 4.79 Å². The molecule has 0 saturated carbocycles. The Balaban J connectivity index is 1.32. The minimum Gasteiger partial charge on any atom is -0.338 e. The maximum atomic E-state index is 12.3. The van der Waals surface area contributed by atoms with E-state index in [-0.39, 0.29) is 6.03 Å². The zero-order valence-corrected chi connectivity index (χ0v) is 15.2. The smallest absolute Gasteiger partial charge is 0.315 e. The van der Waals surface area contributed by atoms with Gasteiger partial charge in [-0.1, -0.05) is 42.5 Å². The summed E-state index contributed by atoms with van der Waals surface area (Å²) in [7, 11) is 0. The quantitative estimate of drug-likeness (QED) is 0.794. The van der Waals surface area contributed by atoms with E-state index in [1.54, 1.807) is 0 Å². The molecule has 2 aliphatic rings. The van der Waals surface area contributed by atoms with Crippen LogP contribution in [0, 0.1) is 0 Å². The third kappa shape index (κ3) is 3.75. The summed E-state index contributed by atoms with van der Waals surface area (Å²) in [6, 6.07) is 15.0. The molecule has 2 amide bonds. The van der Waals surface area contributed by atoms with E-state index in [1.807, 2.05) is 0 Å². The minimum absolute atomic E-state index is 0.0698. The van der Waals surface area contributed by atoms with Crippen LogP contribution < -0.4 is 16.0 Å². The third-order valence-corrected chi connectivity index (χ3v) is 5.68. The molecule has 1 heterocycles. The predicted molar refractivity (Wildman–Crippen MR) is 104 cm³/mol. The second kappa shape index (κ2) is 7.92. The molecule has 2 aromatic rings. The highest BCUT2D eigenvalue weighted by Crippen LogP contribution is 2.30. The summed E-state index contributed by atoms with van der Waals surface area (Å²) in [6.45, 7) is 3.24. The van der Waals surface area contributed by atoms with Crippen molar-refractivity contribution in [3.63, 3.8) is 0 Å². The fourth-order valence-electron chi connectivity index (χ4n) is 4.30. The molecule has 0 bridgehead atoms. The van der Waals surface area contributed by atoms with Gasteiger partial charge in [0.1, 0.15) is 0 Å². The maximum Gasteiger partial charge on any atom is 0.315 e. The van der Waals surface area contributed by atoms with Gasteiger partial charge < -0.3 is 16.0 Å². The van der Waals surface area contributed by atoms with E-state index >= 15 is 0 Å². The molecular formula is C22H27N3O. The molecule has 0 radical (unpaired) electrons. The van der Waals surface area contributed by atoms with Crippen molar-refractivity contribution in [2.75, 3.05) is 13.1 Å². The first-order valence-corrected chi connectivity index (χ1v) is 9.71. The van der Waals surface area contributed by atoms with Crippen molar-refractivity contribution >= 4 is 6.03 Å². The lowest BCUT2D eigenvalue weighted by molar-refractivity contribution is 0.239. The molecule has 1 aliphatic carbocycles. The fourth-order valence-corrected chi connectivity index (χ4v) is 4.30. The van der Waals surface area contributed by atoms with Crippen molar-refractivity contribution in [2.24, 2.45) is 0 Å². The number of amides is 2. The summed E-state index contributed by atoms with van der Waals surface area (Å²) in [5, 5.41) is 9.52. The number of hydrogen-bond donors (Lipinski definition) is 3. The molecule has 0 aromatic heterocycles. The SMILES string of the molecule is O=C(NCc1cccc2c1CCNC2)NCC1CCCc2ccccc21. The number of rotatable bonds is 4. The average Bonchev–Trinajstić information content (AvgIpc) is 2.70. The molecule has 1 atom stereocenters. The van der Waals surface area contributed by atoms with Gasteiger partial charge in [0, 0.05) is 25.6 Å². The molecule has 0 spiro atoms. The van der Waals surface area contributed by atoms with Crippen molar-refractivity contribution in [1.82, 2.24) is 16.0 Å². The van der Waals surface area contributed by atoms with Crippen LogP contribution >= 0.6 is 0 Å². The topological polar surface area (TPSA) is 53.2 Å². The lowest BCUT2D eigenvalue weighted by atomic mass is 9.83. The van der Waals surface area contributed by atoms with Gasteiger partial charge in [0.15, 0.2) is 0 Å². The molecule has 1 unspecified atom stereocenters.